The number of sulfone groups is 1. The molecule has 9 heteroatoms. The number of aromatic nitrogens is 3. The Morgan fingerprint density at radius 1 is 1.12 bits per heavy atom. The van der Waals surface area contributed by atoms with Gasteiger partial charge in [-0.15, -0.1) is 10.2 Å². The molecule has 0 saturated carbocycles. The third kappa shape index (κ3) is 4.88. The van der Waals surface area contributed by atoms with Crippen LogP contribution in [0.1, 0.15) is 17.5 Å². The smallest absolute Gasteiger partial charge is 0.233 e. The lowest BCUT2D eigenvalue weighted by Gasteiger charge is -2.23. The fourth-order valence-corrected chi connectivity index (χ4v) is 6.42. The summed E-state index contributed by atoms with van der Waals surface area (Å²) < 4.78 is 25.5. The molecule has 0 bridgehead atoms. The highest BCUT2D eigenvalue weighted by Crippen LogP contribution is 2.29. The number of hydrogen-bond donors (Lipinski definition) is 0. The van der Waals surface area contributed by atoms with E-state index in [-0.39, 0.29) is 29.2 Å². The minimum atomic E-state index is -3.05. The van der Waals surface area contributed by atoms with Crippen molar-refractivity contribution in [3.8, 4) is 17.1 Å². The quantitative estimate of drug-likeness (QED) is 0.514. The largest absolute Gasteiger partial charge is 0.341 e. The Morgan fingerprint density at radius 3 is 2.53 bits per heavy atom. The van der Waals surface area contributed by atoms with Gasteiger partial charge in [-0.05, 0) is 38.5 Å². The van der Waals surface area contributed by atoms with E-state index < -0.39 is 9.84 Å². The number of nitrogens with zero attached hydrogens (tertiary/aromatic N) is 4. The molecule has 1 aliphatic heterocycles. The zero-order valence-electron chi connectivity index (χ0n) is 18.4. The molecule has 32 heavy (non-hydrogen) atoms. The number of hydrogen-bond acceptors (Lipinski definition) is 6. The van der Waals surface area contributed by atoms with Crippen LogP contribution in [-0.2, 0) is 14.6 Å². The number of rotatable bonds is 6. The van der Waals surface area contributed by atoms with Crippen LogP contribution in [0.5, 0.6) is 0 Å². The minimum absolute atomic E-state index is 0.0387. The maximum atomic E-state index is 12.8. The maximum absolute atomic E-state index is 12.8. The fraction of sp³-hybridized carbons (Fsp3) is 0.348. The van der Waals surface area contributed by atoms with E-state index in [0.717, 1.165) is 22.4 Å². The Bertz CT molecular complexity index is 1240. The van der Waals surface area contributed by atoms with Crippen molar-refractivity contribution in [3.05, 3.63) is 59.7 Å². The molecule has 168 valence electrons. The van der Waals surface area contributed by atoms with E-state index in [1.165, 1.54) is 11.8 Å². The summed E-state index contributed by atoms with van der Waals surface area (Å²) in [6.07, 6.45) is 0.492. The molecule has 1 aromatic heterocycles. The van der Waals surface area contributed by atoms with E-state index in [2.05, 4.69) is 16.3 Å². The van der Waals surface area contributed by atoms with Crippen molar-refractivity contribution in [3.63, 3.8) is 0 Å². The Kier molecular flexibility index (Phi) is 6.39. The van der Waals surface area contributed by atoms with E-state index in [4.69, 9.17) is 0 Å². The molecule has 3 aromatic rings. The zero-order chi connectivity index (χ0) is 22.9. The molecular formula is C23H26N4O3S2. The van der Waals surface area contributed by atoms with Crippen LogP contribution in [0, 0.1) is 13.8 Å². The van der Waals surface area contributed by atoms with E-state index in [9.17, 15) is 13.2 Å². The van der Waals surface area contributed by atoms with Crippen molar-refractivity contribution >= 4 is 27.5 Å². The molecule has 1 fully saturated rings. The van der Waals surface area contributed by atoms with Gasteiger partial charge in [-0.3, -0.25) is 9.36 Å². The third-order valence-corrected chi connectivity index (χ3v) is 8.34. The number of benzene rings is 2. The number of thioether (sulfide) groups is 1. The predicted octanol–water partition coefficient (Wildman–Crippen LogP) is 3.29. The van der Waals surface area contributed by atoms with Crippen LogP contribution >= 0.6 is 11.8 Å². The fourth-order valence-electron chi connectivity index (χ4n) is 3.77. The van der Waals surface area contributed by atoms with Crippen molar-refractivity contribution in [1.82, 2.24) is 19.7 Å². The number of aryl methyl sites for hydroxylation is 2. The highest BCUT2D eigenvalue weighted by atomic mass is 32.2. The van der Waals surface area contributed by atoms with Gasteiger partial charge in [0.15, 0.2) is 20.8 Å². The first kappa shape index (κ1) is 22.5. The summed E-state index contributed by atoms with van der Waals surface area (Å²) in [6.45, 7) is 4.06. The highest BCUT2D eigenvalue weighted by molar-refractivity contribution is 7.99. The Morgan fingerprint density at radius 2 is 1.88 bits per heavy atom. The summed E-state index contributed by atoms with van der Waals surface area (Å²) >= 11 is 1.31. The Hall–Kier alpha value is -2.65. The molecule has 0 spiro atoms. The van der Waals surface area contributed by atoms with Gasteiger partial charge in [-0.2, -0.15) is 0 Å². The van der Waals surface area contributed by atoms with Gasteiger partial charge in [0.2, 0.25) is 5.91 Å². The first-order chi connectivity index (χ1) is 15.2. The lowest BCUT2D eigenvalue weighted by Crippen LogP contribution is -2.38. The molecule has 0 aliphatic carbocycles. The van der Waals surface area contributed by atoms with Crippen molar-refractivity contribution in [2.75, 3.05) is 24.3 Å². The van der Waals surface area contributed by atoms with E-state index in [1.807, 2.05) is 60.9 Å². The van der Waals surface area contributed by atoms with Crippen LogP contribution in [-0.4, -0.2) is 64.3 Å². The van der Waals surface area contributed by atoms with Crippen LogP contribution in [0.3, 0.4) is 0 Å². The van der Waals surface area contributed by atoms with Gasteiger partial charge < -0.3 is 4.90 Å². The monoisotopic (exact) mass is 470 g/mol. The molecule has 0 N–H and O–H groups in total. The molecule has 7 nitrogen and oxygen atoms in total. The molecule has 1 amide bonds. The van der Waals surface area contributed by atoms with Crippen molar-refractivity contribution < 1.29 is 13.2 Å². The lowest BCUT2D eigenvalue weighted by atomic mass is 10.1. The zero-order valence-corrected chi connectivity index (χ0v) is 20.0. The van der Waals surface area contributed by atoms with Crippen molar-refractivity contribution in [2.24, 2.45) is 0 Å². The second kappa shape index (κ2) is 9.07. The molecule has 1 unspecified atom stereocenters. The molecule has 4 rings (SSSR count). The average molecular weight is 471 g/mol. The average Bonchev–Trinajstić information content (AvgIpc) is 3.35. The maximum Gasteiger partial charge on any atom is 0.233 e. The summed E-state index contributed by atoms with van der Waals surface area (Å²) in [6, 6.07) is 15.9. The SMILES string of the molecule is Cc1ccc(-n2c(SCC(=O)N(C)C3CCS(=O)(=O)C3)nnc2-c2cccc(C)c2)cc1. The van der Waals surface area contributed by atoms with Crippen LogP contribution in [0.15, 0.2) is 53.7 Å². The predicted molar refractivity (Wildman–Crippen MR) is 127 cm³/mol. The standard InChI is InChI=1S/C23H26N4O3S2/c1-16-7-9-19(10-8-16)27-22(18-6-4-5-17(2)13-18)24-25-23(27)31-14-21(28)26(3)20-11-12-32(29,30)15-20/h4-10,13,20H,11-12,14-15H2,1-3H3. The molecule has 1 atom stereocenters. The summed E-state index contributed by atoms with van der Waals surface area (Å²) in [5.41, 5.74) is 4.14. The molecule has 1 saturated heterocycles. The summed E-state index contributed by atoms with van der Waals surface area (Å²) in [5.74, 6) is 0.932. The lowest BCUT2D eigenvalue weighted by molar-refractivity contribution is -0.128. The van der Waals surface area contributed by atoms with E-state index in [1.54, 1.807) is 11.9 Å². The van der Waals surface area contributed by atoms with E-state index >= 15 is 0 Å². The number of amides is 1. The van der Waals surface area contributed by atoms with Gasteiger partial charge in [0, 0.05) is 24.3 Å². The minimum Gasteiger partial charge on any atom is -0.341 e. The summed E-state index contributed by atoms with van der Waals surface area (Å²) in [7, 11) is -1.37. The van der Waals surface area contributed by atoms with E-state index in [0.29, 0.717) is 17.4 Å². The normalized spacial score (nSPS) is 17.4. The first-order valence-electron chi connectivity index (χ1n) is 10.4. The van der Waals surface area contributed by atoms with Gasteiger partial charge in [0.05, 0.1) is 17.3 Å². The van der Waals surface area contributed by atoms with Crippen LogP contribution in [0.2, 0.25) is 0 Å². The van der Waals surface area contributed by atoms with Crippen LogP contribution in [0.4, 0.5) is 0 Å². The van der Waals surface area contributed by atoms with Crippen molar-refractivity contribution in [1.29, 1.82) is 0 Å². The molecule has 1 aliphatic rings. The first-order valence-corrected chi connectivity index (χ1v) is 13.2. The highest BCUT2D eigenvalue weighted by Gasteiger charge is 2.32. The molecule has 0 radical (unpaired) electrons. The second-order valence-electron chi connectivity index (χ2n) is 8.20. The topological polar surface area (TPSA) is 85.2 Å². The van der Waals surface area contributed by atoms with Crippen molar-refractivity contribution in [2.45, 2.75) is 31.5 Å². The van der Waals surface area contributed by atoms with Crippen LogP contribution in [0.25, 0.3) is 17.1 Å². The second-order valence-corrected chi connectivity index (χ2v) is 11.4. The Labute approximate surface area is 192 Å². The summed E-state index contributed by atoms with van der Waals surface area (Å²) in [4.78, 5) is 14.3. The van der Waals surface area contributed by atoms with Gasteiger partial charge >= 0.3 is 0 Å². The molecule has 2 heterocycles. The van der Waals surface area contributed by atoms with Gasteiger partial charge in [-0.1, -0.05) is 53.2 Å². The third-order valence-electron chi connectivity index (χ3n) is 5.68. The Balaban J connectivity index is 1.60. The molecule has 2 aromatic carbocycles. The van der Waals surface area contributed by atoms with Gasteiger partial charge in [0.25, 0.3) is 0 Å². The van der Waals surface area contributed by atoms with Crippen LogP contribution < -0.4 is 0 Å². The number of carbonyl (C=O) groups excluding carboxylic acids is 1. The number of carbonyl (C=O) groups is 1. The van der Waals surface area contributed by atoms with Gasteiger partial charge in [0.1, 0.15) is 0 Å². The van der Waals surface area contributed by atoms with Gasteiger partial charge in [-0.25, -0.2) is 8.42 Å². The summed E-state index contributed by atoms with van der Waals surface area (Å²) in [5, 5.41) is 9.43. The molecular weight excluding hydrogens is 444 g/mol.